The lowest BCUT2D eigenvalue weighted by molar-refractivity contribution is 0.0127. The van der Waals surface area contributed by atoms with E-state index in [0.717, 1.165) is 6.42 Å². The fourth-order valence-corrected chi connectivity index (χ4v) is 1.76. The summed E-state index contributed by atoms with van der Waals surface area (Å²) in [7, 11) is 1.68. The summed E-state index contributed by atoms with van der Waals surface area (Å²) < 4.78 is 5.35. The maximum atomic E-state index is 10.8. The number of carboxylic acids is 1. The van der Waals surface area contributed by atoms with Gasteiger partial charge >= 0.3 is 5.97 Å². The quantitative estimate of drug-likeness (QED) is 0.813. The number of nitrogens with one attached hydrogen (secondary N) is 1. The largest absolute Gasteiger partial charge is 0.477 e. The van der Waals surface area contributed by atoms with E-state index in [0.29, 0.717) is 5.82 Å². The van der Waals surface area contributed by atoms with E-state index in [9.17, 15) is 4.79 Å². The minimum absolute atomic E-state index is 0.0400. The summed E-state index contributed by atoms with van der Waals surface area (Å²) in [6.07, 6.45) is 0.794. The first kappa shape index (κ1) is 14.4. The van der Waals surface area contributed by atoms with Crippen molar-refractivity contribution in [3.8, 4) is 0 Å². The third kappa shape index (κ3) is 4.33. The monoisotopic (exact) mass is 252 g/mol. The minimum atomic E-state index is -1.02. The van der Waals surface area contributed by atoms with Gasteiger partial charge in [0.1, 0.15) is 5.82 Å². The Kier molecular flexibility index (Phi) is 4.67. The van der Waals surface area contributed by atoms with Crippen molar-refractivity contribution in [1.29, 1.82) is 0 Å². The molecule has 0 aromatic carbocycles. The van der Waals surface area contributed by atoms with Gasteiger partial charge in [-0.25, -0.2) is 9.78 Å². The number of methoxy groups -OCH3 is 1. The molecule has 1 aromatic heterocycles. The number of anilines is 1. The standard InChI is InChI=1S/C13H20N2O3/c1-9(8-13(2,3)18-4)14-11-7-5-6-10(15-11)12(16)17/h5-7,9H,8H2,1-4H3,(H,14,15)(H,16,17). The summed E-state index contributed by atoms with van der Waals surface area (Å²) in [6.45, 7) is 6.02. The maximum Gasteiger partial charge on any atom is 0.354 e. The lowest BCUT2D eigenvalue weighted by Gasteiger charge is -2.27. The number of nitrogens with zero attached hydrogens (tertiary/aromatic N) is 1. The Morgan fingerprint density at radius 2 is 2.22 bits per heavy atom. The average molecular weight is 252 g/mol. The number of carboxylic acid groups (broad SMARTS) is 1. The molecule has 0 fully saturated rings. The summed E-state index contributed by atoms with van der Waals surface area (Å²) in [6, 6.07) is 5.03. The fraction of sp³-hybridized carbons (Fsp3) is 0.538. The second-order valence-corrected chi connectivity index (χ2v) is 4.93. The van der Waals surface area contributed by atoms with E-state index in [1.807, 2.05) is 20.8 Å². The van der Waals surface area contributed by atoms with Crippen LogP contribution in [-0.2, 0) is 4.74 Å². The highest BCUT2D eigenvalue weighted by Gasteiger charge is 2.20. The molecule has 0 amide bonds. The minimum Gasteiger partial charge on any atom is -0.477 e. The van der Waals surface area contributed by atoms with Crippen LogP contribution < -0.4 is 5.32 Å². The molecule has 2 N–H and O–H groups in total. The first-order valence-corrected chi connectivity index (χ1v) is 5.86. The van der Waals surface area contributed by atoms with Crippen LogP contribution in [0.5, 0.6) is 0 Å². The zero-order chi connectivity index (χ0) is 13.8. The molecule has 0 aliphatic carbocycles. The van der Waals surface area contributed by atoms with Crippen molar-refractivity contribution in [3.05, 3.63) is 23.9 Å². The van der Waals surface area contributed by atoms with Gasteiger partial charge in [-0.2, -0.15) is 0 Å². The van der Waals surface area contributed by atoms with Crippen LogP contribution in [0, 0.1) is 0 Å². The molecule has 18 heavy (non-hydrogen) atoms. The molecule has 0 bridgehead atoms. The molecular formula is C13H20N2O3. The van der Waals surface area contributed by atoms with Crippen LogP contribution in [0.1, 0.15) is 37.7 Å². The van der Waals surface area contributed by atoms with Gasteiger partial charge in [-0.15, -0.1) is 0 Å². The van der Waals surface area contributed by atoms with E-state index in [-0.39, 0.29) is 17.3 Å². The summed E-state index contributed by atoms with van der Waals surface area (Å²) in [5.41, 5.74) is -0.185. The molecule has 1 rings (SSSR count). The molecule has 0 saturated carbocycles. The highest BCUT2D eigenvalue weighted by atomic mass is 16.5. The molecule has 1 heterocycles. The van der Waals surface area contributed by atoms with Crippen molar-refractivity contribution in [3.63, 3.8) is 0 Å². The number of carbonyl (C=O) groups is 1. The normalized spacial score (nSPS) is 13.1. The number of rotatable bonds is 6. The van der Waals surface area contributed by atoms with Crippen LogP contribution in [-0.4, -0.2) is 34.8 Å². The summed E-state index contributed by atoms with van der Waals surface area (Å²) in [5, 5.41) is 12.0. The lowest BCUT2D eigenvalue weighted by atomic mass is 10.00. The van der Waals surface area contributed by atoms with Crippen LogP contribution in [0.4, 0.5) is 5.82 Å². The molecule has 0 aliphatic heterocycles. The Labute approximate surface area is 107 Å². The highest BCUT2D eigenvalue weighted by Crippen LogP contribution is 2.18. The number of aromatic nitrogens is 1. The molecule has 0 radical (unpaired) electrons. The summed E-state index contributed by atoms with van der Waals surface area (Å²) in [5.74, 6) is -0.460. The van der Waals surface area contributed by atoms with Crippen LogP contribution in [0.3, 0.4) is 0 Å². The zero-order valence-electron chi connectivity index (χ0n) is 11.2. The number of ether oxygens (including phenoxy) is 1. The number of aromatic carboxylic acids is 1. The smallest absolute Gasteiger partial charge is 0.354 e. The van der Waals surface area contributed by atoms with Crippen LogP contribution >= 0.6 is 0 Å². The van der Waals surface area contributed by atoms with E-state index in [2.05, 4.69) is 10.3 Å². The first-order chi connectivity index (χ1) is 8.34. The van der Waals surface area contributed by atoms with Gasteiger partial charge in [-0.3, -0.25) is 0 Å². The van der Waals surface area contributed by atoms with E-state index in [1.54, 1.807) is 19.2 Å². The maximum absolute atomic E-state index is 10.8. The predicted molar refractivity (Wildman–Crippen MR) is 70.0 cm³/mol. The van der Waals surface area contributed by atoms with E-state index < -0.39 is 5.97 Å². The molecule has 0 saturated heterocycles. The van der Waals surface area contributed by atoms with Gasteiger partial charge in [0.2, 0.25) is 0 Å². The van der Waals surface area contributed by atoms with Gasteiger partial charge < -0.3 is 15.2 Å². The fourth-order valence-electron chi connectivity index (χ4n) is 1.76. The Balaban J connectivity index is 2.67. The summed E-state index contributed by atoms with van der Waals surface area (Å²) >= 11 is 0. The van der Waals surface area contributed by atoms with Gasteiger partial charge in [-0.1, -0.05) is 6.07 Å². The van der Waals surface area contributed by atoms with Crippen molar-refractivity contribution in [2.24, 2.45) is 0 Å². The van der Waals surface area contributed by atoms with Gasteiger partial charge in [0, 0.05) is 13.2 Å². The molecule has 1 unspecified atom stereocenters. The van der Waals surface area contributed by atoms with Gasteiger partial charge in [0.05, 0.1) is 5.60 Å². The molecule has 0 spiro atoms. The van der Waals surface area contributed by atoms with E-state index >= 15 is 0 Å². The molecule has 1 atom stereocenters. The summed E-state index contributed by atoms with van der Waals surface area (Å²) in [4.78, 5) is 14.8. The Morgan fingerprint density at radius 1 is 1.56 bits per heavy atom. The zero-order valence-corrected chi connectivity index (χ0v) is 11.2. The van der Waals surface area contributed by atoms with Gasteiger partial charge in [0.25, 0.3) is 0 Å². The molecular weight excluding hydrogens is 232 g/mol. The second-order valence-electron chi connectivity index (χ2n) is 4.93. The second kappa shape index (κ2) is 5.82. The number of hydrogen-bond acceptors (Lipinski definition) is 4. The first-order valence-electron chi connectivity index (χ1n) is 5.86. The van der Waals surface area contributed by atoms with Crippen molar-refractivity contribution in [2.45, 2.75) is 38.8 Å². The molecule has 1 aromatic rings. The predicted octanol–water partition coefficient (Wildman–Crippen LogP) is 2.40. The van der Waals surface area contributed by atoms with E-state index in [1.165, 1.54) is 6.07 Å². The molecule has 5 heteroatoms. The topological polar surface area (TPSA) is 71.5 Å². The van der Waals surface area contributed by atoms with Crippen LogP contribution in [0.15, 0.2) is 18.2 Å². The Morgan fingerprint density at radius 3 is 2.78 bits per heavy atom. The molecule has 0 aliphatic rings. The van der Waals surface area contributed by atoms with Gasteiger partial charge in [-0.05, 0) is 39.3 Å². The van der Waals surface area contributed by atoms with Crippen LogP contribution in [0.25, 0.3) is 0 Å². The Bertz CT molecular complexity index is 418. The molecule has 100 valence electrons. The SMILES string of the molecule is COC(C)(C)CC(C)Nc1cccc(C(=O)O)n1. The van der Waals surface area contributed by atoms with Gasteiger partial charge in [0.15, 0.2) is 5.69 Å². The van der Waals surface area contributed by atoms with Crippen molar-refractivity contribution < 1.29 is 14.6 Å². The van der Waals surface area contributed by atoms with E-state index in [4.69, 9.17) is 9.84 Å². The van der Waals surface area contributed by atoms with Crippen molar-refractivity contribution in [2.75, 3.05) is 12.4 Å². The Hall–Kier alpha value is -1.62. The number of pyridine rings is 1. The third-order valence-corrected chi connectivity index (χ3v) is 2.71. The van der Waals surface area contributed by atoms with Crippen molar-refractivity contribution in [1.82, 2.24) is 4.98 Å². The number of hydrogen-bond donors (Lipinski definition) is 2. The highest BCUT2D eigenvalue weighted by molar-refractivity contribution is 5.85. The molecule has 5 nitrogen and oxygen atoms in total. The van der Waals surface area contributed by atoms with Crippen molar-refractivity contribution >= 4 is 11.8 Å². The average Bonchev–Trinajstić information content (AvgIpc) is 2.28. The lowest BCUT2D eigenvalue weighted by Crippen LogP contribution is -2.31. The van der Waals surface area contributed by atoms with Crippen LogP contribution in [0.2, 0.25) is 0 Å². The third-order valence-electron chi connectivity index (χ3n) is 2.71.